The van der Waals surface area contributed by atoms with Crippen LogP contribution in [0.5, 0.6) is 0 Å². The smallest absolute Gasteiger partial charge is 0.325 e. The Kier molecular flexibility index (Phi) is 5.69. The standard InChI is InChI=1S/C27H31N3O3/c1-19-8-10-20(11-9-19)18-30(23-13-12-21-6-2-3-7-22(21)23)24(31)14-17-29-25(32)27(28-26(29)33)15-4-5-16-27/h2-3,6-11,23H,4-5,12-18H2,1H3,(H,28,33). The van der Waals surface area contributed by atoms with E-state index in [9.17, 15) is 14.4 Å². The third kappa shape index (κ3) is 4.03. The molecule has 1 heterocycles. The second kappa shape index (κ2) is 8.65. The number of hydrogen-bond donors (Lipinski definition) is 1. The summed E-state index contributed by atoms with van der Waals surface area (Å²) in [5.41, 5.74) is 4.03. The number of imide groups is 1. The van der Waals surface area contributed by atoms with Gasteiger partial charge in [-0.3, -0.25) is 14.5 Å². The molecule has 6 nitrogen and oxygen atoms in total. The van der Waals surface area contributed by atoms with Crippen molar-refractivity contribution in [2.24, 2.45) is 0 Å². The average molecular weight is 446 g/mol. The van der Waals surface area contributed by atoms with Crippen LogP contribution in [0.15, 0.2) is 48.5 Å². The van der Waals surface area contributed by atoms with E-state index >= 15 is 0 Å². The van der Waals surface area contributed by atoms with Gasteiger partial charge < -0.3 is 10.2 Å². The van der Waals surface area contributed by atoms with Crippen LogP contribution in [0.25, 0.3) is 0 Å². The molecule has 4 amide bonds. The lowest BCUT2D eigenvalue weighted by molar-refractivity contribution is -0.135. The van der Waals surface area contributed by atoms with E-state index in [1.165, 1.54) is 21.6 Å². The minimum absolute atomic E-state index is 0.0132. The van der Waals surface area contributed by atoms with Crippen molar-refractivity contribution in [1.82, 2.24) is 15.1 Å². The van der Waals surface area contributed by atoms with E-state index in [-0.39, 0.29) is 36.9 Å². The Hall–Kier alpha value is -3.15. The summed E-state index contributed by atoms with van der Waals surface area (Å²) in [6.45, 7) is 2.70. The molecule has 0 aromatic heterocycles. The SMILES string of the molecule is Cc1ccc(CN(C(=O)CCN2C(=O)NC3(CCCC3)C2=O)C2CCc3ccccc32)cc1. The van der Waals surface area contributed by atoms with Crippen LogP contribution in [0.1, 0.15) is 66.8 Å². The molecule has 6 heteroatoms. The van der Waals surface area contributed by atoms with Gasteiger partial charge in [-0.2, -0.15) is 0 Å². The van der Waals surface area contributed by atoms with Crippen molar-refractivity contribution in [1.29, 1.82) is 0 Å². The summed E-state index contributed by atoms with van der Waals surface area (Å²) in [6.07, 6.45) is 5.27. The molecule has 2 fully saturated rings. The lowest BCUT2D eigenvalue weighted by Gasteiger charge is -2.31. The van der Waals surface area contributed by atoms with E-state index in [0.29, 0.717) is 19.4 Å². The molecule has 0 radical (unpaired) electrons. The van der Waals surface area contributed by atoms with Crippen LogP contribution in [0.3, 0.4) is 0 Å². The van der Waals surface area contributed by atoms with Gasteiger partial charge in [-0.05, 0) is 49.3 Å². The first-order valence-electron chi connectivity index (χ1n) is 12.0. The van der Waals surface area contributed by atoms with Crippen molar-refractivity contribution >= 4 is 17.8 Å². The Morgan fingerprint density at radius 1 is 1.09 bits per heavy atom. The average Bonchev–Trinajstić information content (AvgIpc) is 3.51. The highest BCUT2D eigenvalue weighted by Gasteiger charge is 2.52. The lowest BCUT2D eigenvalue weighted by Crippen LogP contribution is -2.44. The molecule has 1 spiro atoms. The van der Waals surface area contributed by atoms with Gasteiger partial charge in [-0.15, -0.1) is 0 Å². The first-order valence-corrected chi connectivity index (χ1v) is 12.0. The molecular formula is C27H31N3O3. The summed E-state index contributed by atoms with van der Waals surface area (Å²) in [5, 5.41) is 2.91. The maximum Gasteiger partial charge on any atom is 0.325 e. The van der Waals surface area contributed by atoms with Crippen molar-refractivity contribution in [3.05, 3.63) is 70.8 Å². The van der Waals surface area contributed by atoms with Crippen molar-refractivity contribution in [2.75, 3.05) is 6.54 Å². The fourth-order valence-corrected chi connectivity index (χ4v) is 5.67. The number of amides is 4. The highest BCUT2D eigenvalue weighted by molar-refractivity contribution is 6.07. The topological polar surface area (TPSA) is 69.7 Å². The zero-order chi connectivity index (χ0) is 23.0. The minimum atomic E-state index is -0.730. The summed E-state index contributed by atoms with van der Waals surface area (Å²) < 4.78 is 0. The summed E-state index contributed by atoms with van der Waals surface area (Å²) in [6, 6.07) is 16.2. The molecule has 1 unspecified atom stereocenters. The molecule has 33 heavy (non-hydrogen) atoms. The Morgan fingerprint density at radius 3 is 2.58 bits per heavy atom. The number of benzene rings is 2. The molecule has 1 atom stereocenters. The van der Waals surface area contributed by atoms with E-state index in [2.05, 4.69) is 48.6 Å². The second-order valence-corrected chi connectivity index (χ2v) is 9.69. The summed E-state index contributed by atoms with van der Waals surface area (Å²) in [7, 11) is 0. The molecule has 2 aromatic rings. The quantitative estimate of drug-likeness (QED) is 0.676. The Bertz CT molecular complexity index is 1070. The number of hydrogen-bond acceptors (Lipinski definition) is 3. The van der Waals surface area contributed by atoms with Crippen LogP contribution in [0.2, 0.25) is 0 Å². The molecule has 1 saturated heterocycles. The fraction of sp³-hybridized carbons (Fsp3) is 0.444. The Morgan fingerprint density at radius 2 is 1.82 bits per heavy atom. The van der Waals surface area contributed by atoms with Gasteiger partial charge in [0.05, 0.1) is 6.04 Å². The third-order valence-electron chi connectivity index (χ3n) is 7.52. The Labute approximate surface area is 194 Å². The number of carbonyl (C=O) groups is 3. The normalized spacial score (nSPS) is 20.9. The summed E-state index contributed by atoms with van der Waals surface area (Å²) in [4.78, 5) is 42.3. The monoisotopic (exact) mass is 445 g/mol. The number of fused-ring (bicyclic) bond motifs is 1. The van der Waals surface area contributed by atoms with Gasteiger partial charge in [0, 0.05) is 19.5 Å². The van der Waals surface area contributed by atoms with Gasteiger partial charge in [0.2, 0.25) is 5.91 Å². The van der Waals surface area contributed by atoms with E-state index < -0.39 is 5.54 Å². The van der Waals surface area contributed by atoms with Crippen LogP contribution in [0.4, 0.5) is 4.79 Å². The second-order valence-electron chi connectivity index (χ2n) is 9.69. The molecule has 1 saturated carbocycles. The molecule has 1 aliphatic heterocycles. The highest BCUT2D eigenvalue weighted by Crippen LogP contribution is 2.38. The number of rotatable bonds is 6. The molecule has 5 rings (SSSR count). The number of carbonyl (C=O) groups excluding carboxylic acids is 3. The van der Waals surface area contributed by atoms with Crippen molar-refractivity contribution in [3.8, 4) is 0 Å². The minimum Gasteiger partial charge on any atom is -0.331 e. The van der Waals surface area contributed by atoms with Crippen molar-refractivity contribution in [3.63, 3.8) is 0 Å². The third-order valence-corrected chi connectivity index (χ3v) is 7.52. The van der Waals surface area contributed by atoms with Crippen LogP contribution in [-0.2, 0) is 22.6 Å². The van der Waals surface area contributed by atoms with Gasteiger partial charge in [0.25, 0.3) is 5.91 Å². The largest absolute Gasteiger partial charge is 0.331 e. The van der Waals surface area contributed by atoms with Gasteiger partial charge in [0.1, 0.15) is 5.54 Å². The van der Waals surface area contributed by atoms with Gasteiger partial charge in [0.15, 0.2) is 0 Å². The molecular weight excluding hydrogens is 414 g/mol. The van der Waals surface area contributed by atoms with Crippen LogP contribution >= 0.6 is 0 Å². The summed E-state index contributed by atoms with van der Waals surface area (Å²) >= 11 is 0. The van der Waals surface area contributed by atoms with Crippen molar-refractivity contribution in [2.45, 2.75) is 70.0 Å². The van der Waals surface area contributed by atoms with Crippen LogP contribution < -0.4 is 5.32 Å². The Balaban J connectivity index is 1.34. The molecule has 172 valence electrons. The van der Waals surface area contributed by atoms with Gasteiger partial charge in [-0.1, -0.05) is 66.9 Å². The molecule has 0 bridgehead atoms. The number of urea groups is 1. The first-order chi connectivity index (χ1) is 16.0. The molecule has 2 aromatic carbocycles. The van der Waals surface area contributed by atoms with Crippen LogP contribution in [0, 0.1) is 6.92 Å². The predicted molar refractivity (Wildman–Crippen MR) is 125 cm³/mol. The zero-order valence-electron chi connectivity index (χ0n) is 19.2. The fourth-order valence-electron chi connectivity index (χ4n) is 5.67. The van der Waals surface area contributed by atoms with E-state index in [4.69, 9.17) is 0 Å². The summed E-state index contributed by atoms with van der Waals surface area (Å²) in [5.74, 6) is -0.181. The van der Waals surface area contributed by atoms with Gasteiger partial charge in [-0.25, -0.2) is 4.79 Å². The van der Waals surface area contributed by atoms with E-state index in [1.807, 2.05) is 17.0 Å². The highest BCUT2D eigenvalue weighted by atomic mass is 16.2. The lowest BCUT2D eigenvalue weighted by atomic mass is 9.98. The maximum atomic E-state index is 13.6. The first kappa shape index (κ1) is 21.7. The number of aryl methyl sites for hydroxylation is 2. The predicted octanol–water partition coefficient (Wildman–Crippen LogP) is 4.27. The maximum absolute atomic E-state index is 13.6. The zero-order valence-corrected chi connectivity index (χ0v) is 19.2. The van der Waals surface area contributed by atoms with Crippen LogP contribution in [-0.4, -0.2) is 39.7 Å². The van der Waals surface area contributed by atoms with E-state index in [1.54, 1.807) is 0 Å². The molecule has 1 N–H and O–H groups in total. The van der Waals surface area contributed by atoms with Crippen molar-refractivity contribution < 1.29 is 14.4 Å². The molecule has 3 aliphatic rings. The molecule has 2 aliphatic carbocycles. The number of nitrogens with one attached hydrogen (secondary N) is 1. The van der Waals surface area contributed by atoms with Gasteiger partial charge >= 0.3 is 6.03 Å². The van der Waals surface area contributed by atoms with E-state index in [0.717, 1.165) is 31.2 Å². The number of nitrogens with zero attached hydrogens (tertiary/aromatic N) is 2.